The number of aromatic nitrogens is 1. The zero-order valence-electron chi connectivity index (χ0n) is 20.0. The first kappa shape index (κ1) is 25.0. The maximum absolute atomic E-state index is 13.5. The number of pyridine rings is 1. The summed E-state index contributed by atoms with van der Waals surface area (Å²) in [6.07, 6.45) is 2.40. The number of amides is 2. The van der Waals surface area contributed by atoms with E-state index in [0.29, 0.717) is 12.0 Å². The van der Waals surface area contributed by atoms with Gasteiger partial charge in [-0.2, -0.15) is 0 Å². The number of likely N-dealkylation sites (N-methyl/N-ethyl adjacent to an activating group) is 1. The zero-order chi connectivity index (χ0) is 25.8. The van der Waals surface area contributed by atoms with Gasteiger partial charge in [-0.1, -0.05) is 24.3 Å². The van der Waals surface area contributed by atoms with Gasteiger partial charge in [0.2, 0.25) is 5.91 Å². The molecule has 4 rings (SSSR count). The van der Waals surface area contributed by atoms with E-state index in [0.717, 1.165) is 28.5 Å². The molecule has 36 heavy (non-hydrogen) atoms. The average Bonchev–Trinajstić information content (AvgIpc) is 2.89. The van der Waals surface area contributed by atoms with Gasteiger partial charge in [0.05, 0.1) is 17.8 Å². The smallest absolute Gasteiger partial charge is 0.323 e. The van der Waals surface area contributed by atoms with Gasteiger partial charge in [-0.3, -0.25) is 19.2 Å². The van der Waals surface area contributed by atoms with Crippen LogP contribution in [0.4, 0.5) is 10.1 Å². The van der Waals surface area contributed by atoms with Gasteiger partial charge < -0.3 is 16.0 Å². The van der Waals surface area contributed by atoms with Crippen molar-refractivity contribution in [1.29, 1.82) is 0 Å². The van der Waals surface area contributed by atoms with Crippen molar-refractivity contribution in [3.63, 3.8) is 0 Å². The van der Waals surface area contributed by atoms with Crippen molar-refractivity contribution >= 4 is 23.4 Å². The van der Waals surface area contributed by atoms with E-state index in [-0.39, 0.29) is 17.4 Å². The predicted octanol–water partition coefficient (Wildman–Crippen LogP) is 3.03. The van der Waals surface area contributed by atoms with Crippen molar-refractivity contribution in [3.05, 3.63) is 88.0 Å². The fraction of sp³-hybridized carbons (Fsp3) is 0.259. The number of carbonyl (C=O) groups is 3. The molecule has 1 heterocycles. The van der Waals surface area contributed by atoms with Gasteiger partial charge in [0.15, 0.2) is 0 Å². The van der Waals surface area contributed by atoms with Gasteiger partial charge in [-0.05, 0) is 86.3 Å². The summed E-state index contributed by atoms with van der Waals surface area (Å²) in [5, 5.41) is 8.04. The molecule has 2 aromatic carbocycles. The van der Waals surface area contributed by atoms with E-state index in [1.165, 1.54) is 36.4 Å². The van der Waals surface area contributed by atoms with Crippen molar-refractivity contribution in [1.82, 2.24) is 15.2 Å². The van der Waals surface area contributed by atoms with Crippen LogP contribution in [0.25, 0.3) is 11.3 Å². The van der Waals surface area contributed by atoms with Crippen LogP contribution in [0.1, 0.15) is 41.7 Å². The molecule has 2 unspecified atom stereocenters. The summed E-state index contributed by atoms with van der Waals surface area (Å²) >= 11 is 0. The van der Waals surface area contributed by atoms with E-state index in [1.807, 2.05) is 24.3 Å². The highest BCUT2D eigenvalue weighted by atomic mass is 19.1. The Bertz CT molecular complexity index is 1370. The highest BCUT2D eigenvalue weighted by Gasteiger charge is 2.28. The van der Waals surface area contributed by atoms with Crippen molar-refractivity contribution < 1.29 is 18.8 Å². The third-order valence-electron chi connectivity index (χ3n) is 6.38. The second-order valence-corrected chi connectivity index (χ2v) is 8.70. The number of nitrogens with one attached hydrogen (secondary N) is 3. The van der Waals surface area contributed by atoms with Crippen LogP contribution in [0.2, 0.25) is 0 Å². The van der Waals surface area contributed by atoms with Gasteiger partial charge >= 0.3 is 11.8 Å². The minimum absolute atomic E-state index is 0.101. The number of rotatable bonds is 5. The number of aryl methyl sites for hydroxylation is 1. The molecule has 1 aromatic heterocycles. The standard InChI is InChI=1S/C27H27FN4O4/c1-16(29-2)24(33)31-22-14-15-23(18-10-12-19(28)13-11-18)32(26(22)35)27(36)25(34)30-21-9-5-7-17-6-3-4-8-20(17)21/h3-4,6,8,10-16,21,29H,5,7,9H2,1-2H3,(H,30,34)(H,31,33). The normalized spacial score (nSPS) is 15.5. The lowest BCUT2D eigenvalue weighted by molar-refractivity contribution is -0.118. The van der Waals surface area contributed by atoms with Gasteiger partial charge in [-0.25, -0.2) is 8.96 Å². The lowest BCUT2D eigenvalue weighted by Gasteiger charge is -2.26. The van der Waals surface area contributed by atoms with Crippen LogP contribution in [-0.4, -0.2) is 35.4 Å². The van der Waals surface area contributed by atoms with Crippen LogP contribution in [0.3, 0.4) is 0 Å². The Hall–Kier alpha value is -4.11. The number of hydrogen-bond acceptors (Lipinski definition) is 5. The number of hydrogen-bond donors (Lipinski definition) is 3. The molecule has 0 radical (unpaired) electrons. The highest BCUT2D eigenvalue weighted by molar-refractivity contribution is 6.36. The predicted molar refractivity (Wildman–Crippen MR) is 134 cm³/mol. The fourth-order valence-corrected chi connectivity index (χ4v) is 4.28. The molecule has 9 heteroatoms. The van der Waals surface area contributed by atoms with E-state index in [1.54, 1.807) is 14.0 Å². The van der Waals surface area contributed by atoms with Gasteiger partial charge in [-0.15, -0.1) is 0 Å². The molecule has 3 N–H and O–H groups in total. The third kappa shape index (κ3) is 5.11. The fourth-order valence-electron chi connectivity index (χ4n) is 4.28. The number of anilines is 1. The van der Waals surface area contributed by atoms with Crippen molar-refractivity contribution in [3.8, 4) is 11.3 Å². The van der Waals surface area contributed by atoms with Crippen LogP contribution >= 0.6 is 0 Å². The van der Waals surface area contributed by atoms with E-state index in [9.17, 15) is 23.6 Å². The monoisotopic (exact) mass is 490 g/mol. The summed E-state index contributed by atoms with van der Waals surface area (Å²) in [6, 6.07) is 14.7. The van der Waals surface area contributed by atoms with Crippen LogP contribution < -0.4 is 21.5 Å². The molecule has 8 nitrogen and oxygen atoms in total. The van der Waals surface area contributed by atoms with E-state index < -0.39 is 35.1 Å². The first-order valence-electron chi connectivity index (χ1n) is 11.7. The molecule has 1 aliphatic carbocycles. The molecular formula is C27H27FN4O4. The SMILES string of the molecule is CNC(C)C(=O)Nc1ccc(-c2ccc(F)cc2)n(C(=O)C(=O)NC2CCCc3ccccc32)c1=O. The summed E-state index contributed by atoms with van der Waals surface area (Å²) < 4.78 is 14.2. The second-order valence-electron chi connectivity index (χ2n) is 8.70. The summed E-state index contributed by atoms with van der Waals surface area (Å²) in [5.74, 6) is -3.02. The van der Waals surface area contributed by atoms with Crippen LogP contribution in [0, 0.1) is 5.82 Å². The highest BCUT2D eigenvalue weighted by Crippen LogP contribution is 2.29. The molecule has 3 aromatic rings. The second kappa shape index (κ2) is 10.7. The molecule has 1 aliphatic rings. The number of nitrogens with zero attached hydrogens (tertiary/aromatic N) is 1. The lowest BCUT2D eigenvalue weighted by atomic mass is 9.88. The molecule has 0 saturated carbocycles. The molecule has 2 amide bonds. The molecule has 0 saturated heterocycles. The largest absolute Gasteiger partial charge is 0.341 e. The first-order valence-corrected chi connectivity index (χ1v) is 11.7. The van der Waals surface area contributed by atoms with Crippen LogP contribution in [-0.2, 0) is 16.0 Å². The number of halogens is 1. The first-order chi connectivity index (χ1) is 17.3. The molecule has 2 atom stereocenters. The summed E-state index contributed by atoms with van der Waals surface area (Å²) in [6.45, 7) is 1.61. The maximum Gasteiger partial charge on any atom is 0.323 e. The van der Waals surface area contributed by atoms with Gasteiger partial charge in [0.25, 0.3) is 5.56 Å². The Morgan fingerprint density at radius 1 is 1.03 bits per heavy atom. The van der Waals surface area contributed by atoms with E-state index in [4.69, 9.17) is 0 Å². The minimum atomic E-state index is -1.10. The molecule has 0 bridgehead atoms. The number of fused-ring (bicyclic) bond motifs is 1. The Labute approximate surface area is 207 Å². The Morgan fingerprint density at radius 2 is 1.75 bits per heavy atom. The minimum Gasteiger partial charge on any atom is -0.341 e. The maximum atomic E-state index is 13.5. The zero-order valence-corrected chi connectivity index (χ0v) is 20.0. The quantitative estimate of drug-likeness (QED) is 0.477. The molecular weight excluding hydrogens is 463 g/mol. The summed E-state index contributed by atoms with van der Waals surface area (Å²) in [5.41, 5.74) is 1.49. The van der Waals surface area contributed by atoms with Crippen LogP contribution in [0.5, 0.6) is 0 Å². The summed E-state index contributed by atoms with van der Waals surface area (Å²) in [4.78, 5) is 52.2. The van der Waals surface area contributed by atoms with Crippen molar-refractivity contribution in [2.24, 2.45) is 0 Å². The van der Waals surface area contributed by atoms with E-state index in [2.05, 4.69) is 16.0 Å². The van der Waals surface area contributed by atoms with Gasteiger partial charge in [0, 0.05) is 0 Å². The molecule has 0 aliphatic heterocycles. The third-order valence-corrected chi connectivity index (χ3v) is 6.38. The van der Waals surface area contributed by atoms with Gasteiger partial charge in [0.1, 0.15) is 11.5 Å². The molecule has 0 fully saturated rings. The summed E-state index contributed by atoms with van der Waals surface area (Å²) in [7, 11) is 1.59. The lowest BCUT2D eigenvalue weighted by Crippen LogP contribution is -2.43. The van der Waals surface area contributed by atoms with Crippen molar-refractivity contribution in [2.45, 2.75) is 38.3 Å². The topological polar surface area (TPSA) is 109 Å². The van der Waals surface area contributed by atoms with Crippen LogP contribution in [0.15, 0.2) is 65.5 Å². The Kier molecular flexibility index (Phi) is 7.40. The number of benzene rings is 2. The number of carbonyl (C=O) groups excluding carboxylic acids is 3. The molecule has 186 valence electrons. The molecule has 0 spiro atoms. The Morgan fingerprint density at radius 3 is 2.47 bits per heavy atom. The van der Waals surface area contributed by atoms with E-state index >= 15 is 0 Å². The van der Waals surface area contributed by atoms with Crippen molar-refractivity contribution in [2.75, 3.05) is 12.4 Å². The average molecular weight is 491 g/mol. The Balaban J connectivity index is 1.71.